The molecule has 0 unspecified atom stereocenters. The fourth-order valence-corrected chi connectivity index (χ4v) is 4.97. The number of phenolic OH excluding ortho intramolecular Hbond substituents is 2. The zero-order valence-electron chi connectivity index (χ0n) is 17.3. The quantitative estimate of drug-likeness (QED) is 0.563. The summed E-state index contributed by atoms with van der Waals surface area (Å²) in [5.41, 5.74) is 1.86. The van der Waals surface area contributed by atoms with Crippen molar-refractivity contribution in [1.29, 1.82) is 0 Å². The Morgan fingerprint density at radius 3 is 2.46 bits per heavy atom. The molecule has 152 valence electrons. The summed E-state index contributed by atoms with van der Waals surface area (Å²) in [6, 6.07) is 5.11. The summed E-state index contributed by atoms with van der Waals surface area (Å²) in [5.74, 6) is -0.270. The molecule has 2 N–H and O–H groups in total. The van der Waals surface area contributed by atoms with Crippen LogP contribution in [-0.4, -0.2) is 27.1 Å². The summed E-state index contributed by atoms with van der Waals surface area (Å²) in [6.45, 7) is 8.79. The molecule has 0 aliphatic heterocycles. The van der Waals surface area contributed by atoms with Crippen LogP contribution in [0.3, 0.4) is 0 Å². The summed E-state index contributed by atoms with van der Waals surface area (Å²) in [7, 11) is 0. The third kappa shape index (κ3) is 4.66. The minimum Gasteiger partial charge on any atom is -0.504 e. The van der Waals surface area contributed by atoms with Gasteiger partial charge in [-0.1, -0.05) is 58.3 Å². The Morgan fingerprint density at radius 2 is 1.86 bits per heavy atom. The van der Waals surface area contributed by atoms with E-state index < -0.39 is 0 Å². The van der Waals surface area contributed by atoms with Gasteiger partial charge in [0.1, 0.15) is 0 Å². The molecular formula is C22H31N3O2S. The smallest absolute Gasteiger partial charge is 0.206 e. The first-order chi connectivity index (χ1) is 13.3. The van der Waals surface area contributed by atoms with E-state index in [1.807, 2.05) is 4.68 Å². The maximum Gasteiger partial charge on any atom is 0.206 e. The molecule has 0 saturated heterocycles. The normalized spacial score (nSPS) is 16.9. The topological polar surface area (TPSA) is 70.1 Å². The number of hydrogen-bond acceptors (Lipinski definition) is 5. The van der Waals surface area contributed by atoms with Gasteiger partial charge in [0.2, 0.25) is 4.80 Å². The maximum atomic E-state index is 9.76. The lowest BCUT2D eigenvalue weighted by atomic mass is 9.91. The van der Waals surface area contributed by atoms with Gasteiger partial charge in [-0.05, 0) is 43.0 Å². The van der Waals surface area contributed by atoms with Crippen LogP contribution in [-0.2, 0) is 11.8 Å². The van der Waals surface area contributed by atoms with Gasteiger partial charge in [-0.15, -0.1) is 0 Å². The predicted molar refractivity (Wildman–Crippen MR) is 116 cm³/mol. The number of benzene rings is 1. The second kappa shape index (κ2) is 8.52. The second-order valence-corrected chi connectivity index (χ2v) is 9.55. The molecule has 2 aromatic rings. The van der Waals surface area contributed by atoms with Crippen molar-refractivity contribution in [3.63, 3.8) is 0 Å². The van der Waals surface area contributed by atoms with Crippen molar-refractivity contribution in [2.75, 3.05) is 0 Å². The average molecular weight is 402 g/mol. The van der Waals surface area contributed by atoms with Crippen LogP contribution >= 0.6 is 11.3 Å². The number of aromatic nitrogens is 1. The Morgan fingerprint density at radius 1 is 1.14 bits per heavy atom. The first-order valence-electron chi connectivity index (χ1n) is 10.1. The molecule has 1 fully saturated rings. The SMILES string of the molecule is CCc1s/c(=N\C2CCCCC2)n(/N=C/c2ccc(O)c(O)c2)c1C(C)(C)C. The average Bonchev–Trinajstić information content (AvgIpc) is 3.01. The number of thiazole rings is 1. The molecule has 0 spiro atoms. The van der Waals surface area contributed by atoms with Crippen LogP contribution in [0.15, 0.2) is 28.3 Å². The van der Waals surface area contributed by atoms with Gasteiger partial charge in [-0.3, -0.25) is 4.99 Å². The van der Waals surface area contributed by atoms with Gasteiger partial charge < -0.3 is 10.2 Å². The van der Waals surface area contributed by atoms with E-state index in [9.17, 15) is 10.2 Å². The van der Waals surface area contributed by atoms with Gasteiger partial charge in [-0.25, -0.2) is 4.68 Å². The third-order valence-corrected chi connectivity index (χ3v) is 6.28. The first kappa shape index (κ1) is 20.6. The van der Waals surface area contributed by atoms with Gasteiger partial charge in [0.05, 0.1) is 18.0 Å². The van der Waals surface area contributed by atoms with Gasteiger partial charge in [0, 0.05) is 10.3 Å². The van der Waals surface area contributed by atoms with Crippen LogP contribution < -0.4 is 4.80 Å². The number of hydrogen-bond donors (Lipinski definition) is 2. The standard InChI is InChI=1S/C22H31N3O2S/c1-5-19-20(22(2,3)4)25(21(28-19)24-16-9-7-6-8-10-16)23-14-15-11-12-17(26)18(27)13-15/h11-14,16,26-27H,5-10H2,1-4H3/b23-14+,24-21-. The van der Waals surface area contributed by atoms with Crippen LogP contribution in [0.5, 0.6) is 11.5 Å². The number of nitrogens with zero attached hydrogens (tertiary/aromatic N) is 3. The fourth-order valence-electron chi connectivity index (χ4n) is 3.69. The van der Waals surface area contributed by atoms with Crippen molar-refractivity contribution in [1.82, 2.24) is 4.68 Å². The van der Waals surface area contributed by atoms with Gasteiger partial charge in [-0.2, -0.15) is 5.10 Å². The van der Waals surface area contributed by atoms with E-state index in [1.54, 1.807) is 23.6 Å². The van der Waals surface area contributed by atoms with Crippen molar-refractivity contribution in [3.05, 3.63) is 39.1 Å². The molecular weight excluding hydrogens is 370 g/mol. The van der Waals surface area contributed by atoms with E-state index in [4.69, 9.17) is 10.1 Å². The Kier molecular flexibility index (Phi) is 6.28. The van der Waals surface area contributed by atoms with Crippen LogP contribution in [0, 0.1) is 0 Å². The summed E-state index contributed by atoms with van der Waals surface area (Å²) >= 11 is 1.74. The summed E-state index contributed by atoms with van der Waals surface area (Å²) in [6.07, 6.45) is 8.80. The largest absolute Gasteiger partial charge is 0.504 e. The van der Waals surface area contributed by atoms with E-state index in [2.05, 4.69) is 27.7 Å². The molecule has 3 rings (SSSR count). The Labute approximate surface area is 171 Å². The lowest BCUT2D eigenvalue weighted by Crippen LogP contribution is -2.24. The molecule has 0 bridgehead atoms. The zero-order chi connectivity index (χ0) is 20.3. The Balaban J connectivity index is 2.09. The van der Waals surface area contributed by atoms with Crippen molar-refractivity contribution >= 4 is 17.6 Å². The highest BCUT2D eigenvalue weighted by atomic mass is 32.1. The van der Waals surface area contributed by atoms with E-state index in [0.29, 0.717) is 6.04 Å². The van der Waals surface area contributed by atoms with Crippen LogP contribution in [0.25, 0.3) is 0 Å². The lowest BCUT2D eigenvalue weighted by molar-refractivity contribution is 0.403. The highest BCUT2D eigenvalue weighted by Gasteiger charge is 2.25. The summed E-state index contributed by atoms with van der Waals surface area (Å²) in [4.78, 5) is 7.35. The summed E-state index contributed by atoms with van der Waals surface area (Å²) < 4.78 is 1.99. The summed E-state index contributed by atoms with van der Waals surface area (Å²) in [5, 5.41) is 24.1. The highest BCUT2D eigenvalue weighted by Crippen LogP contribution is 2.29. The van der Waals surface area contributed by atoms with E-state index in [0.717, 1.165) is 29.6 Å². The zero-order valence-corrected chi connectivity index (χ0v) is 18.1. The molecule has 1 saturated carbocycles. The highest BCUT2D eigenvalue weighted by molar-refractivity contribution is 7.09. The van der Waals surface area contributed by atoms with Crippen molar-refractivity contribution < 1.29 is 10.2 Å². The Hall–Kier alpha value is -2.08. The predicted octanol–water partition coefficient (Wildman–Crippen LogP) is 4.94. The van der Waals surface area contributed by atoms with Gasteiger partial charge in [0.25, 0.3) is 0 Å². The molecule has 1 heterocycles. The van der Waals surface area contributed by atoms with Crippen LogP contribution in [0.2, 0.25) is 0 Å². The fraction of sp³-hybridized carbons (Fsp3) is 0.545. The number of aryl methyl sites for hydroxylation is 1. The van der Waals surface area contributed by atoms with Gasteiger partial charge >= 0.3 is 0 Å². The monoisotopic (exact) mass is 401 g/mol. The van der Waals surface area contributed by atoms with Crippen molar-refractivity contribution in [2.45, 2.75) is 77.7 Å². The van der Waals surface area contributed by atoms with E-state index in [1.165, 1.54) is 42.0 Å². The van der Waals surface area contributed by atoms with Crippen molar-refractivity contribution in [3.8, 4) is 11.5 Å². The number of aromatic hydroxyl groups is 2. The molecule has 0 radical (unpaired) electrons. The number of phenols is 2. The minimum atomic E-state index is -0.142. The molecule has 0 atom stereocenters. The minimum absolute atomic E-state index is 0.0589. The van der Waals surface area contributed by atoms with Gasteiger partial charge in [0.15, 0.2) is 11.5 Å². The maximum absolute atomic E-state index is 9.76. The molecule has 5 nitrogen and oxygen atoms in total. The van der Waals surface area contributed by atoms with E-state index in [-0.39, 0.29) is 16.9 Å². The molecule has 1 aromatic carbocycles. The second-order valence-electron chi connectivity index (χ2n) is 8.49. The number of rotatable bonds is 4. The van der Waals surface area contributed by atoms with Crippen LogP contribution in [0.4, 0.5) is 0 Å². The van der Waals surface area contributed by atoms with Crippen LogP contribution in [0.1, 0.15) is 75.9 Å². The first-order valence-corrected chi connectivity index (χ1v) is 11.0. The molecule has 0 amide bonds. The third-order valence-electron chi connectivity index (χ3n) is 5.09. The molecule has 6 heteroatoms. The molecule has 28 heavy (non-hydrogen) atoms. The molecule has 1 aliphatic carbocycles. The van der Waals surface area contributed by atoms with E-state index >= 15 is 0 Å². The Bertz CT molecular complexity index is 913. The van der Waals surface area contributed by atoms with Crippen molar-refractivity contribution in [2.24, 2.45) is 10.1 Å². The molecule has 1 aliphatic rings. The lowest BCUT2D eigenvalue weighted by Gasteiger charge is -2.21. The molecule has 1 aromatic heterocycles.